The molecular weight excluding hydrogens is 449 g/mol. The summed E-state index contributed by atoms with van der Waals surface area (Å²) >= 11 is 0. The minimum atomic E-state index is -4.00. The molecule has 0 saturated carbocycles. The van der Waals surface area contributed by atoms with Gasteiger partial charge in [0.1, 0.15) is 6.04 Å². The molecule has 2 amide bonds. The van der Waals surface area contributed by atoms with Gasteiger partial charge in [-0.3, -0.25) is 0 Å². The Morgan fingerprint density at radius 1 is 1.28 bits per heavy atom. The third-order valence-corrected chi connectivity index (χ3v) is 6.08. The standard InChI is InChI=1S/C20H21F3N4O4S/c1-11-3-5-13-9-24-19(28)27-10-20(22,23)17(26-32(2,29)30)15(27)7-12-4-6-14(21)16(8-12)31-18(11)25-13/h3-6,8,15,17,26H,7,9-10H2,1-2H3,(H,24,28)/t15-,17+/m0/s1. The zero-order chi connectivity index (χ0) is 23.3. The number of nitrogens with one attached hydrogen (secondary N) is 2. The second kappa shape index (κ2) is 7.93. The Labute approximate surface area is 182 Å². The minimum absolute atomic E-state index is 0.0888. The van der Waals surface area contributed by atoms with Gasteiger partial charge in [0, 0.05) is 5.56 Å². The van der Waals surface area contributed by atoms with Crippen molar-refractivity contribution in [3.63, 3.8) is 0 Å². The smallest absolute Gasteiger partial charge is 0.318 e. The third-order valence-electron chi connectivity index (χ3n) is 5.40. The Bertz CT molecular complexity index is 1180. The van der Waals surface area contributed by atoms with Crippen molar-refractivity contribution in [2.24, 2.45) is 0 Å². The van der Waals surface area contributed by atoms with Gasteiger partial charge in [0.25, 0.3) is 5.92 Å². The van der Waals surface area contributed by atoms with Gasteiger partial charge in [0.05, 0.1) is 31.1 Å². The molecule has 2 N–H and O–H groups in total. The number of pyridine rings is 1. The summed E-state index contributed by atoms with van der Waals surface area (Å²) in [6.07, 6.45) is 0.618. The molecular formula is C20H21F3N4O4S. The van der Waals surface area contributed by atoms with Gasteiger partial charge >= 0.3 is 6.03 Å². The monoisotopic (exact) mass is 470 g/mol. The fourth-order valence-corrected chi connectivity index (χ4v) is 4.66. The molecule has 3 heterocycles. The lowest BCUT2D eigenvalue weighted by Gasteiger charge is -2.28. The topological polar surface area (TPSA) is 101 Å². The number of amides is 2. The van der Waals surface area contributed by atoms with Crippen LogP contribution in [0.2, 0.25) is 0 Å². The number of benzene rings is 1. The van der Waals surface area contributed by atoms with Crippen molar-refractivity contribution in [2.45, 2.75) is 37.9 Å². The van der Waals surface area contributed by atoms with E-state index in [1.807, 2.05) is 4.72 Å². The van der Waals surface area contributed by atoms with Crippen LogP contribution in [-0.2, 0) is 23.0 Å². The second-order valence-corrected chi connectivity index (χ2v) is 9.76. The molecule has 1 aromatic carbocycles. The molecule has 32 heavy (non-hydrogen) atoms. The van der Waals surface area contributed by atoms with Crippen LogP contribution in [0.3, 0.4) is 0 Å². The van der Waals surface area contributed by atoms with Gasteiger partial charge in [-0.1, -0.05) is 12.1 Å². The number of ether oxygens (including phenoxy) is 1. The van der Waals surface area contributed by atoms with E-state index in [1.54, 1.807) is 19.1 Å². The van der Waals surface area contributed by atoms with Crippen molar-refractivity contribution in [3.05, 3.63) is 53.0 Å². The summed E-state index contributed by atoms with van der Waals surface area (Å²) in [5.74, 6) is -4.20. The number of carbonyl (C=O) groups is 1. The van der Waals surface area contributed by atoms with Crippen LogP contribution in [0.4, 0.5) is 18.0 Å². The van der Waals surface area contributed by atoms with E-state index in [4.69, 9.17) is 4.74 Å². The predicted molar refractivity (Wildman–Crippen MR) is 109 cm³/mol. The van der Waals surface area contributed by atoms with Gasteiger partial charge in [-0.2, -0.15) is 0 Å². The Hall–Kier alpha value is -2.86. The van der Waals surface area contributed by atoms with Gasteiger partial charge in [-0.05, 0) is 37.1 Å². The number of rotatable bonds is 2. The fraction of sp³-hybridized carbons (Fsp3) is 0.400. The number of sulfonamides is 1. The van der Waals surface area contributed by atoms with Crippen molar-refractivity contribution < 1.29 is 31.1 Å². The number of carbonyl (C=O) groups excluding carboxylic acids is 1. The van der Waals surface area contributed by atoms with Crippen molar-refractivity contribution in [1.82, 2.24) is 19.9 Å². The summed E-state index contributed by atoms with van der Waals surface area (Å²) < 4.78 is 75.2. The largest absolute Gasteiger partial charge is 0.436 e. The lowest BCUT2D eigenvalue weighted by molar-refractivity contribution is -0.00451. The fourth-order valence-electron chi connectivity index (χ4n) is 3.87. The van der Waals surface area contributed by atoms with Crippen molar-refractivity contribution in [2.75, 3.05) is 12.8 Å². The van der Waals surface area contributed by atoms with Crippen LogP contribution in [0.15, 0.2) is 30.3 Å². The first-order valence-electron chi connectivity index (χ1n) is 9.75. The van der Waals surface area contributed by atoms with Crippen LogP contribution in [0.5, 0.6) is 11.6 Å². The van der Waals surface area contributed by atoms with E-state index in [9.17, 15) is 26.4 Å². The minimum Gasteiger partial charge on any atom is -0.436 e. The lowest BCUT2D eigenvalue weighted by Crippen LogP contribution is -2.53. The third kappa shape index (κ3) is 4.51. The van der Waals surface area contributed by atoms with Crippen molar-refractivity contribution >= 4 is 16.1 Å². The van der Waals surface area contributed by atoms with Crippen LogP contribution < -0.4 is 14.8 Å². The van der Waals surface area contributed by atoms with E-state index in [1.165, 1.54) is 12.1 Å². The number of halogens is 3. The molecule has 2 aliphatic rings. The molecule has 0 spiro atoms. The highest BCUT2D eigenvalue weighted by Crippen LogP contribution is 2.36. The molecule has 4 rings (SSSR count). The Morgan fingerprint density at radius 2 is 2.03 bits per heavy atom. The van der Waals surface area contributed by atoms with Crippen molar-refractivity contribution in [3.8, 4) is 11.6 Å². The SMILES string of the molecule is Cc1ccc2nc1Oc1cc(ccc1F)C[C@H]1[C@@H](NS(C)(=O)=O)C(F)(F)CN1C(=O)NC2. The molecule has 172 valence electrons. The Kier molecular flexibility index (Phi) is 5.53. The van der Waals surface area contributed by atoms with E-state index in [2.05, 4.69) is 10.3 Å². The van der Waals surface area contributed by atoms with Crippen molar-refractivity contribution in [1.29, 1.82) is 0 Å². The maximum absolute atomic E-state index is 14.8. The molecule has 4 bridgehead atoms. The Balaban J connectivity index is 1.80. The Morgan fingerprint density at radius 3 is 2.75 bits per heavy atom. The summed E-state index contributed by atoms with van der Waals surface area (Å²) in [5.41, 5.74) is 1.40. The normalized spacial score (nSPS) is 22.7. The highest BCUT2D eigenvalue weighted by atomic mass is 32.2. The van der Waals surface area contributed by atoms with Crippen LogP contribution in [0, 0.1) is 12.7 Å². The summed E-state index contributed by atoms with van der Waals surface area (Å²) in [6.45, 7) is 0.659. The highest BCUT2D eigenvalue weighted by molar-refractivity contribution is 7.88. The number of hydrogen-bond acceptors (Lipinski definition) is 5. The highest BCUT2D eigenvalue weighted by Gasteiger charge is 2.56. The zero-order valence-electron chi connectivity index (χ0n) is 17.2. The molecule has 0 radical (unpaired) electrons. The van der Waals surface area contributed by atoms with E-state index in [0.29, 0.717) is 16.8 Å². The average Bonchev–Trinajstić information content (AvgIpc) is 2.93. The first kappa shape index (κ1) is 22.3. The molecule has 2 atom stereocenters. The van der Waals surface area contributed by atoms with Gasteiger partial charge in [-0.15, -0.1) is 0 Å². The molecule has 0 aliphatic carbocycles. The molecule has 2 aliphatic heterocycles. The predicted octanol–water partition coefficient (Wildman–Crippen LogP) is 2.32. The summed E-state index contributed by atoms with van der Waals surface area (Å²) in [5, 5.41) is 2.54. The van der Waals surface area contributed by atoms with Crippen LogP contribution >= 0.6 is 0 Å². The lowest BCUT2D eigenvalue weighted by atomic mass is 9.99. The number of alkyl halides is 2. The van der Waals surface area contributed by atoms with Crippen LogP contribution in [0.25, 0.3) is 0 Å². The molecule has 1 saturated heterocycles. The van der Waals surface area contributed by atoms with E-state index in [0.717, 1.165) is 17.2 Å². The molecule has 1 aromatic heterocycles. The van der Waals surface area contributed by atoms with E-state index < -0.39 is 46.4 Å². The molecule has 0 unspecified atom stereocenters. The average molecular weight is 470 g/mol. The molecule has 2 aromatic rings. The number of nitrogens with zero attached hydrogens (tertiary/aromatic N) is 2. The summed E-state index contributed by atoms with van der Waals surface area (Å²) in [4.78, 5) is 18.0. The van der Waals surface area contributed by atoms with Gasteiger partial charge < -0.3 is 15.0 Å². The first-order chi connectivity index (χ1) is 14.9. The second-order valence-electron chi connectivity index (χ2n) is 7.98. The number of fused-ring (bicyclic) bond motifs is 5. The van der Waals surface area contributed by atoms with Crippen LogP contribution in [-0.4, -0.2) is 55.1 Å². The summed E-state index contributed by atoms with van der Waals surface area (Å²) in [7, 11) is -4.00. The number of hydrogen-bond donors (Lipinski definition) is 2. The molecule has 8 nitrogen and oxygen atoms in total. The quantitative estimate of drug-likeness (QED) is 0.702. The van der Waals surface area contributed by atoms with Crippen LogP contribution in [0.1, 0.15) is 16.8 Å². The van der Waals surface area contributed by atoms with E-state index in [-0.39, 0.29) is 24.6 Å². The van der Waals surface area contributed by atoms with Gasteiger partial charge in [0.2, 0.25) is 15.9 Å². The maximum atomic E-state index is 14.8. The first-order valence-corrected chi connectivity index (χ1v) is 11.6. The maximum Gasteiger partial charge on any atom is 0.318 e. The number of urea groups is 1. The van der Waals surface area contributed by atoms with Gasteiger partial charge in [-0.25, -0.2) is 36.1 Å². The molecule has 12 heteroatoms. The number of aromatic nitrogens is 1. The zero-order valence-corrected chi connectivity index (χ0v) is 18.0. The van der Waals surface area contributed by atoms with Gasteiger partial charge in [0.15, 0.2) is 11.6 Å². The van der Waals surface area contributed by atoms with E-state index >= 15 is 0 Å². The summed E-state index contributed by atoms with van der Waals surface area (Å²) in [6, 6.07) is 3.27. The molecule has 1 fully saturated rings. The number of aryl methyl sites for hydroxylation is 1.